The lowest BCUT2D eigenvalue weighted by molar-refractivity contribution is 0.0787. The van der Waals surface area contributed by atoms with E-state index in [1.807, 2.05) is 68.4 Å². The molecule has 0 fully saturated rings. The van der Waals surface area contributed by atoms with Crippen molar-refractivity contribution in [3.05, 3.63) is 106 Å². The van der Waals surface area contributed by atoms with Crippen molar-refractivity contribution in [2.75, 3.05) is 0 Å². The Morgan fingerprint density at radius 3 is 2.49 bits per heavy atom. The maximum absolute atomic E-state index is 13.5. The summed E-state index contributed by atoms with van der Waals surface area (Å²) in [6.07, 6.45) is 1.58. The number of hydrogen-bond acceptors (Lipinski definition) is 4. The van der Waals surface area contributed by atoms with Gasteiger partial charge in [-0.3, -0.25) is 14.2 Å². The monoisotopic (exact) mass is 516 g/mol. The van der Waals surface area contributed by atoms with Crippen LogP contribution in [0.5, 0.6) is 0 Å². The number of benzene rings is 4. The molecule has 7 heteroatoms. The van der Waals surface area contributed by atoms with Gasteiger partial charge in [-0.05, 0) is 79.8 Å². The fourth-order valence-electron chi connectivity index (χ4n) is 5.47. The molecule has 194 valence electrons. The number of aryl methyl sites for hydroxylation is 1. The molecule has 0 aliphatic heterocycles. The molecule has 2 aromatic heterocycles. The zero-order chi connectivity index (χ0) is 27.6. The van der Waals surface area contributed by atoms with Gasteiger partial charge in [0.15, 0.2) is 0 Å². The minimum Gasteiger partial charge on any atom is -0.386 e. The van der Waals surface area contributed by atoms with Gasteiger partial charge in [0.05, 0.1) is 33.3 Å². The molecule has 4 N–H and O–H groups in total. The molecule has 2 heterocycles. The standard InChI is InChI=1S/C32H28N4O3/c1-17-7-5-9-24-28(17)34-16-36(31(24)38)26-10-6-8-20(18(26)2)21-13-14-23(30(33)37)29-27(21)22-12-11-19(32(3,4)39)15-25(22)35-29/h5-16,35,39H,1-4H3,(H2,33,37). The highest BCUT2D eigenvalue weighted by molar-refractivity contribution is 6.20. The van der Waals surface area contributed by atoms with Crippen LogP contribution in [0.4, 0.5) is 0 Å². The van der Waals surface area contributed by atoms with Crippen molar-refractivity contribution in [2.45, 2.75) is 33.3 Å². The normalized spacial score (nSPS) is 12.0. The Hall–Kier alpha value is -4.75. The number of fused-ring (bicyclic) bond motifs is 4. The number of aromatic amines is 1. The quantitative estimate of drug-likeness (QED) is 0.282. The van der Waals surface area contributed by atoms with E-state index < -0.39 is 11.5 Å². The van der Waals surface area contributed by atoms with E-state index in [-0.39, 0.29) is 5.56 Å². The fourth-order valence-corrected chi connectivity index (χ4v) is 5.47. The van der Waals surface area contributed by atoms with Gasteiger partial charge in [0.2, 0.25) is 0 Å². The third-order valence-corrected chi connectivity index (χ3v) is 7.57. The lowest BCUT2D eigenvalue weighted by Gasteiger charge is -2.17. The number of aromatic nitrogens is 3. The Bertz CT molecular complexity index is 2030. The van der Waals surface area contributed by atoms with E-state index in [0.29, 0.717) is 22.0 Å². The predicted octanol–water partition coefficient (Wildman–Crippen LogP) is 5.63. The highest BCUT2D eigenvalue weighted by Crippen LogP contribution is 2.39. The average molecular weight is 517 g/mol. The SMILES string of the molecule is Cc1c(-c2ccc(C(N)=O)c3[nH]c4cc(C(C)(C)O)ccc4c23)cccc1-n1cnc2c(C)cccc2c1=O. The molecule has 6 aromatic rings. The van der Waals surface area contributed by atoms with Gasteiger partial charge >= 0.3 is 0 Å². The molecule has 4 aromatic carbocycles. The smallest absolute Gasteiger partial charge is 0.265 e. The number of para-hydroxylation sites is 1. The van der Waals surface area contributed by atoms with Gasteiger partial charge in [0.1, 0.15) is 6.33 Å². The summed E-state index contributed by atoms with van der Waals surface area (Å²) >= 11 is 0. The van der Waals surface area contributed by atoms with Gasteiger partial charge in [-0.2, -0.15) is 0 Å². The molecule has 0 aliphatic rings. The highest BCUT2D eigenvalue weighted by Gasteiger charge is 2.21. The van der Waals surface area contributed by atoms with Gasteiger partial charge < -0.3 is 15.8 Å². The van der Waals surface area contributed by atoms with Crippen LogP contribution in [0.15, 0.2) is 77.9 Å². The van der Waals surface area contributed by atoms with Crippen LogP contribution in [-0.4, -0.2) is 25.5 Å². The number of nitrogens with one attached hydrogen (secondary N) is 1. The lowest BCUT2D eigenvalue weighted by atomic mass is 9.92. The second-order valence-corrected chi connectivity index (χ2v) is 10.6. The summed E-state index contributed by atoms with van der Waals surface area (Å²) in [5.41, 5.74) is 12.2. The van der Waals surface area contributed by atoms with Crippen LogP contribution >= 0.6 is 0 Å². The summed E-state index contributed by atoms with van der Waals surface area (Å²) in [7, 11) is 0. The molecule has 0 saturated heterocycles. The molecule has 0 unspecified atom stereocenters. The maximum Gasteiger partial charge on any atom is 0.265 e. The first-order valence-electron chi connectivity index (χ1n) is 12.7. The van der Waals surface area contributed by atoms with Crippen molar-refractivity contribution in [1.29, 1.82) is 0 Å². The van der Waals surface area contributed by atoms with E-state index in [0.717, 1.165) is 49.8 Å². The van der Waals surface area contributed by atoms with Crippen LogP contribution < -0.4 is 11.3 Å². The number of nitrogens with zero attached hydrogens (tertiary/aromatic N) is 2. The molecule has 0 bridgehead atoms. The van der Waals surface area contributed by atoms with Crippen LogP contribution in [0, 0.1) is 13.8 Å². The Balaban J connectivity index is 1.63. The van der Waals surface area contributed by atoms with Crippen LogP contribution in [-0.2, 0) is 5.60 Å². The fraction of sp³-hybridized carbons (Fsp3) is 0.156. The number of primary amides is 1. The number of nitrogens with two attached hydrogens (primary N) is 1. The molecule has 6 rings (SSSR count). The minimum absolute atomic E-state index is 0.135. The van der Waals surface area contributed by atoms with Gasteiger partial charge in [0.25, 0.3) is 11.5 Å². The van der Waals surface area contributed by atoms with Gasteiger partial charge in [-0.1, -0.05) is 42.5 Å². The lowest BCUT2D eigenvalue weighted by Crippen LogP contribution is -2.20. The first-order chi connectivity index (χ1) is 18.6. The molecular weight excluding hydrogens is 488 g/mol. The van der Waals surface area contributed by atoms with E-state index >= 15 is 0 Å². The van der Waals surface area contributed by atoms with Crippen molar-refractivity contribution in [3.63, 3.8) is 0 Å². The van der Waals surface area contributed by atoms with Crippen LogP contribution in [0.3, 0.4) is 0 Å². The second-order valence-electron chi connectivity index (χ2n) is 10.6. The summed E-state index contributed by atoms with van der Waals surface area (Å²) in [6, 6.07) is 20.8. The highest BCUT2D eigenvalue weighted by atomic mass is 16.3. The first kappa shape index (κ1) is 24.6. The van der Waals surface area contributed by atoms with Crippen LogP contribution in [0.2, 0.25) is 0 Å². The molecule has 0 spiro atoms. The summed E-state index contributed by atoms with van der Waals surface area (Å²) in [5, 5.41) is 12.9. The number of aliphatic hydroxyl groups is 1. The Morgan fingerprint density at radius 2 is 1.74 bits per heavy atom. The van der Waals surface area contributed by atoms with Crippen LogP contribution in [0.1, 0.15) is 40.9 Å². The molecule has 39 heavy (non-hydrogen) atoms. The molecule has 0 aliphatic carbocycles. The van der Waals surface area contributed by atoms with E-state index in [2.05, 4.69) is 9.97 Å². The van der Waals surface area contributed by atoms with Crippen molar-refractivity contribution in [3.8, 4) is 16.8 Å². The molecule has 7 nitrogen and oxygen atoms in total. The largest absolute Gasteiger partial charge is 0.386 e. The van der Waals surface area contributed by atoms with Gasteiger partial charge in [-0.15, -0.1) is 0 Å². The second kappa shape index (κ2) is 8.64. The van der Waals surface area contributed by atoms with Crippen LogP contribution in [0.25, 0.3) is 49.5 Å². The molecule has 0 atom stereocenters. The van der Waals surface area contributed by atoms with Gasteiger partial charge in [-0.25, -0.2) is 4.98 Å². The van der Waals surface area contributed by atoms with Gasteiger partial charge in [0, 0.05) is 16.3 Å². The summed E-state index contributed by atoms with van der Waals surface area (Å²) in [6.45, 7) is 7.39. The number of hydrogen-bond donors (Lipinski definition) is 3. The number of rotatable bonds is 4. The topological polar surface area (TPSA) is 114 Å². The average Bonchev–Trinajstić information content (AvgIpc) is 3.28. The number of amides is 1. The maximum atomic E-state index is 13.5. The molecule has 0 radical (unpaired) electrons. The Labute approximate surface area is 224 Å². The first-order valence-corrected chi connectivity index (χ1v) is 12.7. The number of H-pyrrole nitrogens is 1. The van der Waals surface area contributed by atoms with E-state index in [9.17, 15) is 14.7 Å². The van der Waals surface area contributed by atoms with Crippen molar-refractivity contribution in [2.24, 2.45) is 5.73 Å². The van der Waals surface area contributed by atoms with E-state index in [4.69, 9.17) is 5.73 Å². The number of carbonyl (C=O) groups is 1. The number of carbonyl (C=O) groups excluding carboxylic acids is 1. The third-order valence-electron chi connectivity index (χ3n) is 7.57. The zero-order valence-corrected chi connectivity index (χ0v) is 22.2. The summed E-state index contributed by atoms with van der Waals surface area (Å²) in [5.74, 6) is -0.532. The minimum atomic E-state index is -1.02. The Morgan fingerprint density at radius 1 is 0.974 bits per heavy atom. The molecule has 0 saturated carbocycles. The van der Waals surface area contributed by atoms with E-state index in [1.165, 1.54) is 0 Å². The van der Waals surface area contributed by atoms with Crippen molar-refractivity contribution < 1.29 is 9.90 Å². The molecular formula is C32H28N4O3. The third kappa shape index (κ3) is 3.82. The summed E-state index contributed by atoms with van der Waals surface area (Å²) < 4.78 is 1.58. The van der Waals surface area contributed by atoms with E-state index in [1.54, 1.807) is 36.9 Å². The van der Waals surface area contributed by atoms with Crippen molar-refractivity contribution in [1.82, 2.24) is 14.5 Å². The predicted molar refractivity (Wildman–Crippen MR) is 155 cm³/mol. The van der Waals surface area contributed by atoms with Crippen molar-refractivity contribution >= 4 is 38.6 Å². The Kier molecular flexibility index (Phi) is 5.45. The zero-order valence-electron chi connectivity index (χ0n) is 22.2. The molecule has 1 amide bonds. The summed E-state index contributed by atoms with van der Waals surface area (Å²) in [4.78, 5) is 33.8.